The SMILES string of the molecule is Cc1nc(Cl)cc(=O)n1CC(=O)NCCC#N. The molecule has 7 heteroatoms. The highest BCUT2D eigenvalue weighted by molar-refractivity contribution is 6.29. The highest BCUT2D eigenvalue weighted by atomic mass is 35.5. The zero-order chi connectivity index (χ0) is 12.8. The van der Waals surface area contributed by atoms with E-state index < -0.39 is 0 Å². The molecule has 90 valence electrons. The molecule has 1 aromatic rings. The maximum atomic E-state index is 11.5. The molecular formula is C10H11ClN4O2. The number of nitriles is 1. The van der Waals surface area contributed by atoms with Crippen molar-refractivity contribution in [3.05, 3.63) is 27.4 Å². The number of aryl methyl sites for hydroxylation is 1. The first-order valence-electron chi connectivity index (χ1n) is 4.92. The molecule has 0 unspecified atom stereocenters. The van der Waals surface area contributed by atoms with E-state index in [0.29, 0.717) is 5.82 Å². The standard InChI is InChI=1S/C10H11ClN4O2/c1-7-14-8(11)5-10(17)15(7)6-9(16)13-4-2-3-12/h5H,2,4,6H2,1H3,(H,13,16). The summed E-state index contributed by atoms with van der Waals surface area (Å²) in [5.74, 6) is 0.0347. The highest BCUT2D eigenvalue weighted by Gasteiger charge is 2.08. The quantitative estimate of drug-likeness (QED) is 0.616. The van der Waals surface area contributed by atoms with Crippen molar-refractivity contribution < 1.29 is 4.79 Å². The fourth-order valence-corrected chi connectivity index (χ4v) is 1.45. The zero-order valence-electron chi connectivity index (χ0n) is 9.23. The van der Waals surface area contributed by atoms with E-state index in [9.17, 15) is 9.59 Å². The fraction of sp³-hybridized carbons (Fsp3) is 0.400. The Morgan fingerprint density at radius 1 is 1.71 bits per heavy atom. The molecule has 0 aromatic carbocycles. The van der Waals surface area contributed by atoms with Gasteiger partial charge in [-0.05, 0) is 6.92 Å². The van der Waals surface area contributed by atoms with Crippen LogP contribution in [0, 0.1) is 18.3 Å². The molecule has 0 aliphatic carbocycles. The summed E-state index contributed by atoms with van der Waals surface area (Å²) in [6.07, 6.45) is 0.235. The summed E-state index contributed by atoms with van der Waals surface area (Å²) in [4.78, 5) is 26.8. The Balaban J connectivity index is 2.73. The van der Waals surface area contributed by atoms with E-state index in [0.717, 1.165) is 6.07 Å². The van der Waals surface area contributed by atoms with Crippen LogP contribution in [0.2, 0.25) is 5.15 Å². The van der Waals surface area contributed by atoms with E-state index in [-0.39, 0.29) is 36.1 Å². The number of amides is 1. The normalized spacial score (nSPS) is 9.71. The average Bonchev–Trinajstić information content (AvgIpc) is 2.24. The van der Waals surface area contributed by atoms with Crippen molar-refractivity contribution in [2.24, 2.45) is 0 Å². The fourth-order valence-electron chi connectivity index (χ4n) is 1.24. The van der Waals surface area contributed by atoms with Crippen LogP contribution >= 0.6 is 11.6 Å². The number of nitrogens with one attached hydrogen (secondary N) is 1. The summed E-state index contributed by atoms with van der Waals surface area (Å²) in [6.45, 7) is 1.74. The molecule has 0 aliphatic rings. The second kappa shape index (κ2) is 6.01. The van der Waals surface area contributed by atoms with Crippen molar-refractivity contribution in [3.63, 3.8) is 0 Å². The first-order valence-corrected chi connectivity index (χ1v) is 5.30. The second-order valence-corrected chi connectivity index (χ2v) is 3.70. The van der Waals surface area contributed by atoms with Crippen LogP contribution in [0.4, 0.5) is 0 Å². The molecule has 1 amide bonds. The molecule has 0 saturated carbocycles. The molecule has 6 nitrogen and oxygen atoms in total. The third-order valence-electron chi connectivity index (χ3n) is 2.03. The van der Waals surface area contributed by atoms with E-state index in [4.69, 9.17) is 16.9 Å². The van der Waals surface area contributed by atoms with Gasteiger partial charge in [0.1, 0.15) is 17.5 Å². The van der Waals surface area contributed by atoms with Crippen LogP contribution in [0.3, 0.4) is 0 Å². The lowest BCUT2D eigenvalue weighted by atomic mass is 10.4. The Morgan fingerprint density at radius 3 is 3.00 bits per heavy atom. The van der Waals surface area contributed by atoms with Crippen LogP contribution in [0.5, 0.6) is 0 Å². The van der Waals surface area contributed by atoms with Gasteiger partial charge in [-0.3, -0.25) is 14.2 Å². The molecule has 17 heavy (non-hydrogen) atoms. The molecule has 0 atom stereocenters. The van der Waals surface area contributed by atoms with Gasteiger partial charge >= 0.3 is 0 Å². The summed E-state index contributed by atoms with van der Waals surface area (Å²) in [6, 6.07) is 3.05. The van der Waals surface area contributed by atoms with Crippen molar-refractivity contribution in [1.29, 1.82) is 5.26 Å². The summed E-state index contributed by atoms with van der Waals surface area (Å²) >= 11 is 5.60. The first kappa shape index (κ1) is 13.2. The van der Waals surface area contributed by atoms with Crippen LogP contribution < -0.4 is 10.9 Å². The lowest BCUT2D eigenvalue weighted by molar-refractivity contribution is -0.121. The van der Waals surface area contributed by atoms with Crippen LogP contribution in [0.25, 0.3) is 0 Å². The van der Waals surface area contributed by atoms with Crippen molar-refractivity contribution in [3.8, 4) is 6.07 Å². The molecule has 1 heterocycles. The molecule has 0 aliphatic heterocycles. The minimum atomic E-state index is -0.377. The van der Waals surface area contributed by atoms with Gasteiger partial charge in [0, 0.05) is 12.6 Å². The van der Waals surface area contributed by atoms with Crippen LogP contribution in [0.15, 0.2) is 10.9 Å². The van der Waals surface area contributed by atoms with Crippen molar-refractivity contribution in [2.75, 3.05) is 6.54 Å². The Labute approximate surface area is 103 Å². The number of hydrogen-bond donors (Lipinski definition) is 1. The van der Waals surface area contributed by atoms with E-state index in [2.05, 4.69) is 10.3 Å². The number of carbonyl (C=O) groups is 1. The minimum Gasteiger partial charge on any atom is -0.354 e. The van der Waals surface area contributed by atoms with E-state index in [1.807, 2.05) is 6.07 Å². The lowest BCUT2D eigenvalue weighted by Gasteiger charge is -2.08. The summed E-state index contributed by atoms with van der Waals surface area (Å²) in [5, 5.41) is 10.9. The van der Waals surface area contributed by atoms with E-state index in [1.54, 1.807) is 6.92 Å². The maximum absolute atomic E-state index is 11.5. The number of hydrogen-bond acceptors (Lipinski definition) is 4. The predicted octanol–water partition coefficient (Wildman–Crippen LogP) is 0.235. The molecule has 1 aromatic heterocycles. The third-order valence-corrected chi connectivity index (χ3v) is 2.22. The molecule has 0 fully saturated rings. The Hall–Kier alpha value is -1.87. The second-order valence-electron chi connectivity index (χ2n) is 3.31. The zero-order valence-corrected chi connectivity index (χ0v) is 9.99. The van der Waals surface area contributed by atoms with Gasteiger partial charge in [-0.25, -0.2) is 4.98 Å². The number of rotatable bonds is 4. The number of aromatic nitrogens is 2. The van der Waals surface area contributed by atoms with Gasteiger partial charge in [0.15, 0.2) is 0 Å². The van der Waals surface area contributed by atoms with Crippen molar-refractivity contribution in [2.45, 2.75) is 19.9 Å². The summed E-state index contributed by atoms with van der Waals surface area (Å²) in [7, 11) is 0. The summed E-state index contributed by atoms with van der Waals surface area (Å²) < 4.78 is 1.22. The smallest absolute Gasteiger partial charge is 0.255 e. The first-order chi connectivity index (χ1) is 8.04. The lowest BCUT2D eigenvalue weighted by Crippen LogP contribution is -2.34. The van der Waals surface area contributed by atoms with Gasteiger partial charge in [-0.15, -0.1) is 0 Å². The van der Waals surface area contributed by atoms with Gasteiger partial charge in [-0.2, -0.15) is 5.26 Å². The van der Waals surface area contributed by atoms with Crippen LogP contribution in [0.1, 0.15) is 12.2 Å². The molecule has 0 bridgehead atoms. The van der Waals surface area contributed by atoms with Crippen LogP contribution in [-0.2, 0) is 11.3 Å². The molecule has 1 N–H and O–H groups in total. The maximum Gasteiger partial charge on any atom is 0.255 e. The number of carbonyl (C=O) groups excluding carboxylic acids is 1. The van der Waals surface area contributed by atoms with Gasteiger partial charge in [-0.1, -0.05) is 11.6 Å². The van der Waals surface area contributed by atoms with Gasteiger partial charge in [0.25, 0.3) is 5.56 Å². The molecular weight excluding hydrogens is 244 g/mol. The Morgan fingerprint density at radius 2 is 2.41 bits per heavy atom. The monoisotopic (exact) mass is 254 g/mol. The summed E-state index contributed by atoms with van der Waals surface area (Å²) in [5.41, 5.74) is -0.377. The number of nitrogens with zero attached hydrogens (tertiary/aromatic N) is 3. The predicted molar refractivity (Wildman–Crippen MR) is 61.5 cm³/mol. The molecule has 0 saturated heterocycles. The molecule has 0 spiro atoms. The van der Waals surface area contributed by atoms with Gasteiger partial charge < -0.3 is 5.32 Å². The van der Waals surface area contributed by atoms with Crippen molar-refractivity contribution >= 4 is 17.5 Å². The van der Waals surface area contributed by atoms with Crippen LogP contribution in [-0.4, -0.2) is 22.0 Å². The Kier molecular flexibility index (Phi) is 4.67. The third kappa shape index (κ3) is 3.89. The molecule has 0 radical (unpaired) electrons. The molecule has 1 rings (SSSR count). The van der Waals surface area contributed by atoms with Gasteiger partial charge in [0.05, 0.1) is 12.5 Å². The number of halogens is 1. The van der Waals surface area contributed by atoms with Gasteiger partial charge in [0.2, 0.25) is 5.91 Å². The Bertz CT molecular complexity index is 518. The van der Waals surface area contributed by atoms with Crippen molar-refractivity contribution in [1.82, 2.24) is 14.9 Å². The largest absolute Gasteiger partial charge is 0.354 e. The average molecular weight is 255 g/mol. The minimum absolute atomic E-state index is 0.105. The van der Waals surface area contributed by atoms with E-state index >= 15 is 0 Å². The highest BCUT2D eigenvalue weighted by Crippen LogP contribution is 2.00. The topological polar surface area (TPSA) is 87.8 Å². The van der Waals surface area contributed by atoms with E-state index in [1.165, 1.54) is 4.57 Å².